The highest BCUT2D eigenvalue weighted by Crippen LogP contribution is 2.48. The number of morpholine rings is 1. The standard InChI is InChI=1S/C15H17N3O3S/c19-8-10-7-17-15(20)14-11-12(21-6-5-18(10)11)13(22-14)9-1-3-16-4-2-9/h1-4,10-11,14,19H,5-8H2,(H,17,20)/t10-,11?,14?/m1/s1. The SMILES string of the molecule is O=C1NC[C@H](CO)N2CCOC3=C(c4ccncc4)SC1C32. The molecule has 4 rings (SSSR count). The van der Waals surface area contributed by atoms with Gasteiger partial charge in [0.15, 0.2) is 0 Å². The lowest BCUT2D eigenvalue weighted by atomic mass is 10.0. The van der Waals surface area contributed by atoms with Crippen molar-refractivity contribution in [1.29, 1.82) is 0 Å². The first-order chi connectivity index (χ1) is 10.8. The summed E-state index contributed by atoms with van der Waals surface area (Å²) in [5, 5.41) is 12.4. The van der Waals surface area contributed by atoms with E-state index < -0.39 is 0 Å². The van der Waals surface area contributed by atoms with Crippen LogP contribution in [0.25, 0.3) is 4.91 Å². The molecule has 116 valence electrons. The third-order valence-electron chi connectivity index (χ3n) is 4.38. The van der Waals surface area contributed by atoms with Crippen LogP contribution >= 0.6 is 11.8 Å². The van der Waals surface area contributed by atoms with Crippen molar-refractivity contribution >= 4 is 22.6 Å². The normalized spacial score (nSPS) is 31.3. The minimum atomic E-state index is -0.227. The van der Waals surface area contributed by atoms with E-state index in [2.05, 4.69) is 15.2 Å². The second kappa shape index (κ2) is 5.57. The number of aliphatic hydroxyl groups excluding tert-OH is 1. The number of rotatable bonds is 2. The van der Waals surface area contributed by atoms with Crippen LogP contribution in [0.4, 0.5) is 0 Å². The van der Waals surface area contributed by atoms with E-state index in [4.69, 9.17) is 4.74 Å². The van der Waals surface area contributed by atoms with Gasteiger partial charge in [0.05, 0.1) is 23.6 Å². The third kappa shape index (κ3) is 2.12. The molecule has 3 atom stereocenters. The van der Waals surface area contributed by atoms with Gasteiger partial charge in [-0.3, -0.25) is 14.7 Å². The predicted octanol–water partition coefficient (Wildman–Crippen LogP) is 0.0571. The molecule has 1 aromatic heterocycles. The van der Waals surface area contributed by atoms with Gasteiger partial charge in [0, 0.05) is 25.5 Å². The highest BCUT2D eigenvalue weighted by molar-refractivity contribution is 8.09. The molecule has 0 radical (unpaired) electrons. The lowest BCUT2D eigenvalue weighted by Crippen LogP contribution is -2.53. The van der Waals surface area contributed by atoms with Crippen molar-refractivity contribution in [3.63, 3.8) is 0 Å². The summed E-state index contributed by atoms with van der Waals surface area (Å²) in [6, 6.07) is 3.71. The van der Waals surface area contributed by atoms with E-state index in [1.807, 2.05) is 12.1 Å². The second-order valence-electron chi connectivity index (χ2n) is 5.58. The summed E-state index contributed by atoms with van der Waals surface area (Å²) in [6.07, 6.45) is 3.49. The van der Waals surface area contributed by atoms with Crippen molar-refractivity contribution in [1.82, 2.24) is 15.2 Å². The number of nitrogens with one attached hydrogen (secondary N) is 1. The van der Waals surface area contributed by atoms with Crippen molar-refractivity contribution in [2.75, 3.05) is 26.3 Å². The van der Waals surface area contributed by atoms with E-state index in [9.17, 15) is 9.90 Å². The number of aromatic nitrogens is 1. The number of thioether (sulfide) groups is 1. The van der Waals surface area contributed by atoms with Crippen LogP contribution in [0, 0.1) is 0 Å². The number of carbonyl (C=O) groups excluding carboxylic acids is 1. The summed E-state index contributed by atoms with van der Waals surface area (Å²) in [4.78, 5) is 19.7. The summed E-state index contributed by atoms with van der Waals surface area (Å²) in [5.41, 5.74) is 1.03. The van der Waals surface area contributed by atoms with Gasteiger partial charge in [0.2, 0.25) is 5.91 Å². The molecule has 3 aliphatic rings. The van der Waals surface area contributed by atoms with E-state index in [1.54, 1.807) is 24.2 Å². The molecule has 6 nitrogen and oxygen atoms in total. The van der Waals surface area contributed by atoms with Crippen LogP contribution in [0.1, 0.15) is 5.56 Å². The molecule has 0 aromatic carbocycles. The Morgan fingerprint density at radius 1 is 1.45 bits per heavy atom. The van der Waals surface area contributed by atoms with Crippen LogP contribution < -0.4 is 5.32 Å². The Bertz CT molecular complexity index is 622. The summed E-state index contributed by atoms with van der Waals surface area (Å²) in [5.74, 6) is 0.881. The number of nitrogens with zero attached hydrogens (tertiary/aromatic N) is 2. The first-order valence-electron chi connectivity index (χ1n) is 7.38. The quantitative estimate of drug-likeness (QED) is 0.803. The first-order valence-corrected chi connectivity index (χ1v) is 8.26. The van der Waals surface area contributed by atoms with Crippen molar-refractivity contribution < 1.29 is 14.6 Å². The number of hydrogen-bond acceptors (Lipinski definition) is 6. The highest BCUT2D eigenvalue weighted by Gasteiger charge is 2.50. The maximum atomic E-state index is 12.4. The average Bonchev–Trinajstić information content (AvgIpc) is 2.90. The van der Waals surface area contributed by atoms with E-state index in [0.717, 1.165) is 22.8 Å². The molecule has 4 heterocycles. The molecular weight excluding hydrogens is 302 g/mol. The maximum Gasteiger partial charge on any atom is 0.235 e. The Morgan fingerprint density at radius 2 is 2.27 bits per heavy atom. The van der Waals surface area contributed by atoms with Crippen molar-refractivity contribution in [2.45, 2.75) is 17.3 Å². The van der Waals surface area contributed by atoms with Crippen LogP contribution in [0.15, 0.2) is 30.3 Å². The van der Waals surface area contributed by atoms with Crippen molar-refractivity contribution in [2.24, 2.45) is 0 Å². The van der Waals surface area contributed by atoms with Gasteiger partial charge >= 0.3 is 0 Å². The number of carbonyl (C=O) groups is 1. The number of pyridine rings is 1. The fourth-order valence-electron chi connectivity index (χ4n) is 3.32. The van der Waals surface area contributed by atoms with Crippen LogP contribution in [0.5, 0.6) is 0 Å². The zero-order valence-electron chi connectivity index (χ0n) is 11.9. The van der Waals surface area contributed by atoms with E-state index >= 15 is 0 Å². The number of hydrogen-bond donors (Lipinski definition) is 2. The lowest BCUT2D eigenvalue weighted by Gasteiger charge is -2.39. The summed E-state index contributed by atoms with van der Waals surface area (Å²) in [7, 11) is 0. The summed E-state index contributed by atoms with van der Waals surface area (Å²) >= 11 is 1.55. The monoisotopic (exact) mass is 319 g/mol. The molecule has 3 aliphatic heterocycles. The Labute approximate surface area is 132 Å². The van der Waals surface area contributed by atoms with Crippen LogP contribution in [-0.4, -0.2) is 64.5 Å². The molecule has 0 spiro atoms. The Morgan fingerprint density at radius 3 is 3.05 bits per heavy atom. The van der Waals surface area contributed by atoms with Gasteiger partial charge in [0.25, 0.3) is 0 Å². The van der Waals surface area contributed by atoms with Gasteiger partial charge < -0.3 is 15.2 Å². The minimum Gasteiger partial charge on any atom is -0.494 e. The van der Waals surface area contributed by atoms with Crippen molar-refractivity contribution in [3.8, 4) is 0 Å². The van der Waals surface area contributed by atoms with Crippen molar-refractivity contribution in [3.05, 3.63) is 35.8 Å². The Hall–Kier alpha value is -1.57. The molecule has 0 saturated carbocycles. The lowest BCUT2D eigenvalue weighted by molar-refractivity contribution is -0.120. The summed E-state index contributed by atoms with van der Waals surface area (Å²) in [6.45, 7) is 1.83. The van der Waals surface area contributed by atoms with Gasteiger partial charge in [-0.1, -0.05) is 0 Å². The fraction of sp³-hybridized carbons (Fsp3) is 0.467. The molecule has 2 saturated heterocycles. The smallest absolute Gasteiger partial charge is 0.235 e. The molecule has 0 bridgehead atoms. The summed E-state index contributed by atoms with van der Waals surface area (Å²) < 4.78 is 5.94. The third-order valence-corrected chi connectivity index (χ3v) is 5.78. The molecule has 1 aromatic rings. The van der Waals surface area contributed by atoms with E-state index in [-0.39, 0.29) is 29.8 Å². The largest absolute Gasteiger partial charge is 0.494 e. The van der Waals surface area contributed by atoms with E-state index in [1.165, 1.54) is 0 Å². The zero-order chi connectivity index (χ0) is 15.1. The van der Waals surface area contributed by atoms with Gasteiger partial charge in [-0.15, -0.1) is 11.8 Å². The van der Waals surface area contributed by atoms with Gasteiger partial charge in [0.1, 0.15) is 17.6 Å². The van der Waals surface area contributed by atoms with Gasteiger partial charge in [-0.2, -0.15) is 0 Å². The minimum absolute atomic E-state index is 0.0167. The molecule has 2 unspecified atom stereocenters. The molecule has 2 N–H and O–H groups in total. The number of amides is 1. The number of ether oxygens (including phenoxy) is 1. The van der Waals surface area contributed by atoms with E-state index in [0.29, 0.717) is 13.2 Å². The van der Waals surface area contributed by atoms with Gasteiger partial charge in [-0.05, 0) is 17.7 Å². The molecule has 2 fully saturated rings. The molecule has 22 heavy (non-hydrogen) atoms. The molecular formula is C15H17N3O3S. The van der Waals surface area contributed by atoms with Crippen LogP contribution in [-0.2, 0) is 9.53 Å². The topological polar surface area (TPSA) is 74.7 Å². The molecule has 7 heteroatoms. The van der Waals surface area contributed by atoms with Gasteiger partial charge in [-0.25, -0.2) is 0 Å². The highest BCUT2D eigenvalue weighted by atomic mass is 32.2. The predicted molar refractivity (Wildman–Crippen MR) is 82.9 cm³/mol. The Kier molecular flexibility index (Phi) is 3.56. The van der Waals surface area contributed by atoms with Crippen LogP contribution in [0.3, 0.4) is 0 Å². The second-order valence-corrected chi connectivity index (χ2v) is 6.73. The molecule has 0 aliphatic carbocycles. The fourth-order valence-corrected chi connectivity index (χ4v) is 4.74. The average molecular weight is 319 g/mol. The Balaban J connectivity index is 1.78. The zero-order valence-corrected chi connectivity index (χ0v) is 12.8. The maximum absolute atomic E-state index is 12.4. The number of aliphatic hydroxyl groups is 1. The first kappa shape index (κ1) is 14.0. The molecule has 1 amide bonds. The van der Waals surface area contributed by atoms with Crippen LogP contribution in [0.2, 0.25) is 0 Å².